The first-order valence-corrected chi connectivity index (χ1v) is 6.17. The molecule has 0 radical (unpaired) electrons. The average molecular weight is 242 g/mol. The Hall–Kier alpha value is -1.87. The van der Waals surface area contributed by atoms with Crippen molar-refractivity contribution in [1.82, 2.24) is 4.98 Å². The number of benzene rings is 1. The molecule has 3 heteroatoms. The van der Waals surface area contributed by atoms with E-state index in [-0.39, 0.29) is 6.04 Å². The van der Waals surface area contributed by atoms with Crippen molar-refractivity contribution in [1.29, 1.82) is 0 Å². The van der Waals surface area contributed by atoms with Gasteiger partial charge in [0.15, 0.2) is 0 Å². The first-order valence-electron chi connectivity index (χ1n) is 6.17. The van der Waals surface area contributed by atoms with Crippen LogP contribution < -0.4 is 10.5 Å². The summed E-state index contributed by atoms with van der Waals surface area (Å²) in [5, 5.41) is 0. The number of rotatable bonds is 5. The molecule has 3 nitrogen and oxygen atoms in total. The average Bonchev–Trinajstić information content (AvgIpc) is 2.45. The van der Waals surface area contributed by atoms with Gasteiger partial charge in [0.25, 0.3) is 0 Å². The first-order chi connectivity index (χ1) is 8.81. The molecule has 2 aromatic rings. The molecule has 0 fully saturated rings. The molecule has 0 saturated heterocycles. The molecule has 0 aliphatic rings. The lowest BCUT2D eigenvalue weighted by Gasteiger charge is -2.15. The Morgan fingerprint density at radius 3 is 2.61 bits per heavy atom. The van der Waals surface area contributed by atoms with E-state index in [1.54, 1.807) is 12.4 Å². The van der Waals surface area contributed by atoms with Crippen molar-refractivity contribution in [2.45, 2.75) is 26.0 Å². The zero-order valence-electron chi connectivity index (χ0n) is 10.5. The summed E-state index contributed by atoms with van der Waals surface area (Å²) in [6, 6.07) is 11.9. The molecule has 0 amide bonds. The van der Waals surface area contributed by atoms with Gasteiger partial charge in [0.05, 0.1) is 0 Å². The van der Waals surface area contributed by atoms with Crippen molar-refractivity contribution in [2.24, 2.45) is 5.73 Å². The van der Waals surface area contributed by atoms with E-state index >= 15 is 0 Å². The fraction of sp³-hybridized carbons (Fsp3) is 0.267. The van der Waals surface area contributed by atoms with Crippen LogP contribution in [0, 0.1) is 0 Å². The third kappa shape index (κ3) is 3.08. The normalized spacial score (nSPS) is 12.1. The number of aromatic nitrogens is 1. The van der Waals surface area contributed by atoms with Crippen LogP contribution in [0.15, 0.2) is 48.8 Å². The Morgan fingerprint density at radius 1 is 1.17 bits per heavy atom. The zero-order chi connectivity index (χ0) is 12.8. The monoisotopic (exact) mass is 242 g/mol. The molecule has 0 aliphatic heterocycles. The smallest absolute Gasteiger partial charge is 0.124 e. The summed E-state index contributed by atoms with van der Waals surface area (Å²) in [5.41, 5.74) is 8.24. The minimum atomic E-state index is 0.0265. The van der Waals surface area contributed by atoms with E-state index in [2.05, 4.69) is 11.9 Å². The van der Waals surface area contributed by atoms with E-state index in [0.29, 0.717) is 6.61 Å². The molecular formula is C15H18N2O. The highest BCUT2D eigenvalue weighted by Crippen LogP contribution is 2.25. The molecule has 0 aliphatic carbocycles. The fourth-order valence-corrected chi connectivity index (χ4v) is 1.78. The standard InChI is InChI=1S/C15H18N2O/c1-2-14(16)13-5-3-4-6-15(13)18-11-12-7-9-17-10-8-12/h3-10,14H,2,11,16H2,1H3. The van der Waals surface area contributed by atoms with Crippen LogP contribution in [-0.2, 0) is 6.61 Å². The third-order valence-electron chi connectivity index (χ3n) is 2.90. The molecule has 1 unspecified atom stereocenters. The lowest BCUT2D eigenvalue weighted by Crippen LogP contribution is -2.10. The van der Waals surface area contributed by atoms with Crippen molar-refractivity contribution in [3.63, 3.8) is 0 Å². The van der Waals surface area contributed by atoms with Crippen molar-refractivity contribution >= 4 is 0 Å². The Labute approximate surface area is 108 Å². The Kier molecular flexibility index (Phi) is 4.31. The SMILES string of the molecule is CCC(N)c1ccccc1OCc1ccncc1. The molecule has 0 saturated carbocycles. The highest BCUT2D eigenvalue weighted by molar-refractivity contribution is 5.35. The summed E-state index contributed by atoms with van der Waals surface area (Å²) in [6.45, 7) is 2.61. The van der Waals surface area contributed by atoms with Crippen LogP contribution in [0.3, 0.4) is 0 Å². The van der Waals surface area contributed by atoms with Crippen LogP contribution >= 0.6 is 0 Å². The van der Waals surface area contributed by atoms with E-state index in [9.17, 15) is 0 Å². The lowest BCUT2D eigenvalue weighted by molar-refractivity contribution is 0.300. The minimum absolute atomic E-state index is 0.0265. The third-order valence-corrected chi connectivity index (χ3v) is 2.90. The lowest BCUT2D eigenvalue weighted by atomic mass is 10.0. The van der Waals surface area contributed by atoms with Crippen molar-refractivity contribution < 1.29 is 4.74 Å². The molecule has 0 spiro atoms. The maximum atomic E-state index is 6.07. The summed E-state index contributed by atoms with van der Waals surface area (Å²) in [5.74, 6) is 0.865. The van der Waals surface area contributed by atoms with Crippen molar-refractivity contribution in [3.05, 3.63) is 59.9 Å². The van der Waals surface area contributed by atoms with Crippen LogP contribution in [0.2, 0.25) is 0 Å². The number of hydrogen-bond donors (Lipinski definition) is 1. The Bertz CT molecular complexity index is 485. The van der Waals surface area contributed by atoms with Crippen LogP contribution in [-0.4, -0.2) is 4.98 Å². The molecule has 94 valence electrons. The fourth-order valence-electron chi connectivity index (χ4n) is 1.78. The predicted molar refractivity (Wildman–Crippen MR) is 72.2 cm³/mol. The summed E-state index contributed by atoms with van der Waals surface area (Å²) in [6.07, 6.45) is 4.43. The van der Waals surface area contributed by atoms with Gasteiger partial charge in [-0.2, -0.15) is 0 Å². The molecule has 2 N–H and O–H groups in total. The molecule has 18 heavy (non-hydrogen) atoms. The molecule has 0 bridgehead atoms. The maximum Gasteiger partial charge on any atom is 0.124 e. The highest BCUT2D eigenvalue weighted by Gasteiger charge is 2.09. The molecule has 2 rings (SSSR count). The molecule has 1 heterocycles. The van der Waals surface area contributed by atoms with Gasteiger partial charge in [-0.15, -0.1) is 0 Å². The summed E-state index contributed by atoms with van der Waals surface area (Å²) < 4.78 is 5.84. The van der Waals surface area contributed by atoms with Gasteiger partial charge in [-0.25, -0.2) is 0 Å². The van der Waals surface area contributed by atoms with E-state index in [4.69, 9.17) is 10.5 Å². The van der Waals surface area contributed by atoms with E-state index in [0.717, 1.165) is 23.3 Å². The van der Waals surface area contributed by atoms with Crippen LogP contribution in [0.4, 0.5) is 0 Å². The highest BCUT2D eigenvalue weighted by atomic mass is 16.5. The number of para-hydroxylation sites is 1. The van der Waals surface area contributed by atoms with Crippen molar-refractivity contribution in [3.8, 4) is 5.75 Å². The van der Waals surface area contributed by atoms with Gasteiger partial charge >= 0.3 is 0 Å². The Morgan fingerprint density at radius 2 is 1.89 bits per heavy atom. The van der Waals surface area contributed by atoms with Gasteiger partial charge in [-0.3, -0.25) is 4.98 Å². The number of ether oxygens (including phenoxy) is 1. The van der Waals surface area contributed by atoms with Crippen LogP contribution in [0.1, 0.15) is 30.5 Å². The van der Waals surface area contributed by atoms with E-state index in [1.807, 2.05) is 36.4 Å². The zero-order valence-corrected chi connectivity index (χ0v) is 10.5. The summed E-state index contributed by atoms with van der Waals surface area (Å²) in [7, 11) is 0. The second-order valence-corrected chi connectivity index (χ2v) is 4.20. The molecule has 1 aromatic heterocycles. The number of nitrogens with two attached hydrogens (primary N) is 1. The molecular weight excluding hydrogens is 224 g/mol. The maximum absolute atomic E-state index is 6.07. The second kappa shape index (κ2) is 6.17. The summed E-state index contributed by atoms with van der Waals surface area (Å²) >= 11 is 0. The van der Waals surface area contributed by atoms with Crippen molar-refractivity contribution in [2.75, 3.05) is 0 Å². The van der Waals surface area contributed by atoms with Gasteiger partial charge in [0.2, 0.25) is 0 Å². The van der Waals surface area contributed by atoms with Crippen LogP contribution in [0.5, 0.6) is 5.75 Å². The van der Waals surface area contributed by atoms with Gasteiger partial charge in [-0.05, 0) is 30.2 Å². The summed E-state index contributed by atoms with van der Waals surface area (Å²) in [4.78, 5) is 3.98. The largest absolute Gasteiger partial charge is 0.489 e. The molecule has 1 aromatic carbocycles. The quantitative estimate of drug-likeness (QED) is 0.876. The van der Waals surface area contributed by atoms with E-state index in [1.165, 1.54) is 0 Å². The topological polar surface area (TPSA) is 48.1 Å². The van der Waals surface area contributed by atoms with Gasteiger partial charge in [0.1, 0.15) is 12.4 Å². The van der Waals surface area contributed by atoms with Gasteiger partial charge < -0.3 is 10.5 Å². The van der Waals surface area contributed by atoms with Gasteiger partial charge in [0, 0.05) is 24.0 Å². The second-order valence-electron chi connectivity index (χ2n) is 4.20. The first kappa shape index (κ1) is 12.6. The number of nitrogens with zero attached hydrogens (tertiary/aromatic N) is 1. The molecule has 1 atom stereocenters. The Balaban J connectivity index is 2.10. The van der Waals surface area contributed by atoms with E-state index < -0.39 is 0 Å². The number of pyridine rings is 1. The minimum Gasteiger partial charge on any atom is -0.489 e. The number of hydrogen-bond acceptors (Lipinski definition) is 3. The van der Waals surface area contributed by atoms with Gasteiger partial charge in [-0.1, -0.05) is 25.1 Å². The van der Waals surface area contributed by atoms with Crippen LogP contribution in [0.25, 0.3) is 0 Å². The predicted octanol–water partition coefficient (Wildman–Crippen LogP) is 3.07.